The molecule has 2 N–H and O–H groups in total. The zero-order valence-electron chi connectivity index (χ0n) is 16.7. The van der Waals surface area contributed by atoms with E-state index in [0.29, 0.717) is 31.3 Å². The SMILES string of the molecule is CCNC(=NCc1ccc(Cn2ccccc2=O)cc1)NC1CC2CCC1O2.I. The molecular formula is C22H29IN4O2. The summed E-state index contributed by atoms with van der Waals surface area (Å²) in [6, 6.07) is 13.9. The average molecular weight is 508 g/mol. The van der Waals surface area contributed by atoms with Gasteiger partial charge in [-0.2, -0.15) is 0 Å². The molecule has 7 heteroatoms. The van der Waals surface area contributed by atoms with E-state index in [1.807, 2.05) is 12.3 Å². The zero-order chi connectivity index (χ0) is 19.3. The number of ether oxygens (including phenoxy) is 1. The maximum atomic E-state index is 11.8. The van der Waals surface area contributed by atoms with Gasteiger partial charge >= 0.3 is 0 Å². The first-order valence-electron chi connectivity index (χ1n) is 10.1. The standard InChI is InChI=1S/C22H28N4O2.HI/c1-2-23-22(25-19-13-18-10-11-20(19)28-18)24-14-16-6-8-17(9-7-16)15-26-12-4-3-5-21(26)27;/h3-9,12,18-20H,2,10-11,13-15H2,1H3,(H2,23,24,25);1H. The summed E-state index contributed by atoms with van der Waals surface area (Å²) in [6.45, 7) is 4.10. The van der Waals surface area contributed by atoms with E-state index >= 15 is 0 Å². The molecule has 0 radical (unpaired) electrons. The van der Waals surface area contributed by atoms with Gasteiger partial charge in [0.15, 0.2) is 5.96 Å². The van der Waals surface area contributed by atoms with E-state index in [1.165, 1.54) is 6.42 Å². The van der Waals surface area contributed by atoms with E-state index in [-0.39, 0.29) is 29.5 Å². The lowest BCUT2D eigenvalue weighted by molar-refractivity contribution is 0.0992. The molecule has 156 valence electrons. The second-order valence-electron chi connectivity index (χ2n) is 7.54. The van der Waals surface area contributed by atoms with Crippen molar-refractivity contribution in [3.63, 3.8) is 0 Å². The van der Waals surface area contributed by atoms with Gasteiger partial charge < -0.3 is 19.9 Å². The van der Waals surface area contributed by atoms with E-state index in [1.54, 1.807) is 16.7 Å². The van der Waals surface area contributed by atoms with Gasteiger partial charge in [-0.1, -0.05) is 30.3 Å². The van der Waals surface area contributed by atoms with E-state index < -0.39 is 0 Å². The molecule has 2 fully saturated rings. The van der Waals surface area contributed by atoms with Crippen LogP contribution in [0.3, 0.4) is 0 Å². The minimum atomic E-state index is 0. The van der Waals surface area contributed by atoms with Crippen LogP contribution in [0.25, 0.3) is 0 Å². The number of benzene rings is 1. The van der Waals surface area contributed by atoms with E-state index in [9.17, 15) is 4.79 Å². The highest BCUT2D eigenvalue weighted by atomic mass is 127. The molecule has 4 rings (SSSR count). The number of nitrogens with one attached hydrogen (secondary N) is 2. The van der Waals surface area contributed by atoms with Crippen LogP contribution in [0.5, 0.6) is 0 Å². The van der Waals surface area contributed by atoms with Gasteiger partial charge in [-0.15, -0.1) is 24.0 Å². The van der Waals surface area contributed by atoms with E-state index in [2.05, 4.69) is 41.8 Å². The number of nitrogens with zero attached hydrogens (tertiary/aromatic N) is 2. The molecule has 2 saturated heterocycles. The highest BCUT2D eigenvalue weighted by Gasteiger charge is 2.41. The normalized spacial score (nSPS) is 22.9. The lowest BCUT2D eigenvalue weighted by Crippen LogP contribution is -2.47. The van der Waals surface area contributed by atoms with Crippen LogP contribution in [0.1, 0.15) is 37.3 Å². The van der Waals surface area contributed by atoms with Crippen molar-refractivity contribution in [2.75, 3.05) is 6.54 Å². The Morgan fingerprint density at radius 2 is 1.97 bits per heavy atom. The van der Waals surface area contributed by atoms with Crippen LogP contribution in [0.2, 0.25) is 0 Å². The zero-order valence-corrected chi connectivity index (χ0v) is 19.0. The van der Waals surface area contributed by atoms with E-state index in [0.717, 1.165) is 36.5 Å². The molecule has 0 aliphatic carbocycles. The Morgan fingerprint density at radius 3 is 2.62 bits per heavy atom. The molecule has 3 unspecified atom stereocenters. The van der Waals surface area contributed by atoms with Crippen molar-refractivity contribution in [3.8, 4) is 0 Å². The second-order valence-corrected chi connectivity index (χ2v) is 7.54. The number of aromatic nitrogens is 1. The molecule has 0 amide bonds. The van der Waals surface area contributed by atoms with Gasteiger partial charge in [0.2, 0.25) is 0 Å². The van der Waals surface area contributed by atoms with Crippen LogP contribution < -0.4 is 16.2 Å². The summed E-state index contributed by atoms with van der Waals surface area (Å²) in [5, 5.41) is 6.88. The summed E-state index contributed by atoms with van der Waals surface area (Å²) in [5.74, 6) is 0.851. The van der Waals surface area contributed by atoms with Crippen molar-refractivity contribution in [1.29, 1.82) is 0 Å². The van der Waals surface area contributed by atoms with Crippen molar-refractivity contribution in [2.45, 2.75) is 57.5 Å². The van der Waals surface area contributed by atoms with Crippen LogP contribution in [0.4, 0.5) is 0 Å². The lowest BCUT2D eigenvalue weighted by Gasteiger charge is -2.22. The molecule has 0 spiro atoms. The summed E-state index contributed by atoms with van der Waals surface area (Å²) in [4.78, 5) is 16.6. The Balaban J connectivity index is 0.00000240. The van der Waals surface area contributed by atoms with Crippen LogP contribution >= 0.6 is 24.0 Å². The molecule has 3 atom stereocenters. The molecule has 6 nitrogen and oxygen atoms in total. The van der Waals surface area contributed by atoms with Gasteiger partial charge in [0, 0.05) is 18.8 Å². The number of pyridine rings is 1. The highest BCUT2D eigenvalue weighted by molar-refractivity contribution is 14.0. The first kappa shape index (κ1) is 21.8. The molecule has 3 heterocycles. The molecule has 2 bridgehead atoms. The number of aliphatic imine (C=N–C) groups is 1. The summed E-state index contributed by atoms with van der Waals surface area (Å²) in [7, 11) is 0. The molecular weight excluding hydrogens is 479 g/mol. The third-order valence-corrected chi connectivity index (χ3v) is 5.47. The molecule has 1 aromatic carbocycles. The van der Waals surface area contributed by atoms with Gasteiger partial charge in [0.05, 0.1) is 31.3 Å². The minimum absolute atomic E-state index is 0. The number of fused-ring (bicyclic) bond motifs is 2. The first-order chi connectivity index (χ1) is 13.7. The smallest absolute Gasteiger partial charge is 0.250 e. The summed E-state index contributed by atoms with van der Waals surface area (Å²) in [6.07, 6.45) is 5.98. The predicted octanol–water partition coefficient (Wildman–Crippen LogP) is 2.89. The van der Waals surface area contributed by atoms with Crippen molar-refractivity contribution in [3.05, 3.63) is 70.1 Å². The molecule has 1 aromatic heterocycles. The van der Waals surface area contributed by atoms with Crippen molar-refractivity contribution in [2.24, 2.45) is 4.99 Å². The van der Waals surface area contributed by atoms with Gasteiger partial charge in [0.1, 0.15) is 0 Å². The largest absolute Gasteiger partial charge is 0.373 e. The highest BCUT2D eigenvalue weighted by Crippen LogP contribution is 2.34. The summed E-state index contributed by atoms with van der Waals surface area (Å²) in [5.41, 5.74) is 2.26. The number of hydrogen-bond acceptors (Lipinski definition) is 3. The van der Waals surface area contributed by atoms with Crippen LogP contribution in [0.15, 0.2) is 58.4 Å². The fourth-order valence-electron chi connectivity index (χ4n) is 3.99. The van der Waals surface area contributed by atoms with Crippen LogP contribution in [-0.4, -0.2) is 35.3 Å². The van der Waals surface area contributed by atoms with Crippen molar-refractivity contribution in [1.82, 2.24) is 15.2 Å². The summed E-state index contributed by atoms with van der Waals surface area (Å²) < 4.78 is 7.63. The third-order valence-electron chi connectivity index (χ3n) is 5.47. The number of rotatable bonds is 6. The van der Waals surface area contributed by atoms with Crippen molar-refractivity contribution >= 4 is 29.9 Å². The number of hydrogen-bond donors (Lipinski definition) is 2. The maximum absolute atomic E-state index is 11.8. The first-order valence-corrected chi connectivity index (χ1v) is 10.1. The maximum Gasteiger partial charge on any atom is 0.250 e. The van der Waals surface area contributed by atoms with E-state index in [4.69, 9.17) is 9.73 Å². The van der Waals surface area contributed by atoms with Gasteiger partial charge in [-0.25, -0.2) is 4.99 Å². The van der Waals surface area contributed by atoms with Crippen LogP contribution in [-0.2, 0) is 17.8 Å². The van der Waals surface area contributed by atoms with Gasteiger partial charge in [0.25, 0.3) is 5.56 Å². The Labute approximate surface area is 188 Å². The van der Waals surface area contributed by atoms with Gasteiger partial charge in [-0.3, -0.25) is 4.79 Å². The molecule has 2 aliphatic rings. The monoisotopic (exact) mass is 508 g/mol. The Kier molecular flexibility index (Phi) is 7.71. The quantitative estimate of drug-likeness (QED) is 0.358. The Hall–Kier alpha value is -1.87. The number of halogens is 1. The molecule has 2 aromatic rings. The van der Waals surface area contributed by atoms with Gasteiger partial charge in [-0.05, 0) is 43.4 Å². The number of guanidine groups is 1. The fraction of sp³-hybridized carbons (Fsp3) is 0.455. The van der Waals surface area contributed by atoms with Crippen molar-refractivity contribution < 1.29 is 4.74 Å². The summed E-state index contributed by atoms with van der Waals surface area (Å²) >= 11 is 0. The second kappa shape index (κ2) is 10.2. The fourth-order valence-corrected chi connectivity index (χ4v) is 3.99. The Morgan fingerprint density at radius 1 is 1.17 bits per heavy atom. The third kappa shape index (κ3) is 5.60. The molecule has 29 heavy (non-hydrogen) atoms. The molecule has 0 saturated carbocycles. The lowest BCUT2D eigenvalue weighted by atomic mass is 9.96. The average Bonchev–Trinajstić information content (AvgIpc) is 3.32. The van der Waals surface area contributed by atoms with Crippen LogP contribution in [0, 0.1) is 0 Å². The topological polar surface area (TPSA) is 67.7 Å². The Bertz CT molecular complexity index is 881. The minimum Gasteiger partial charge on any atom is -0.373 e. The molecule has 2 aliphatic heterocycles. The predicted molar refractivity (Wildman–Crippen MR) is 126 cm³/mol.